The Hall–Kier alpha value is -0.670. The molecule has 0 aliphatic carbocycles. The lowest BCUT2D eigenvalue weighted by Crippen LogP contribution is -2.47. The first-order valence-corrected chi connectivity index (χ1v) is 7.23. The summed E-state index contributed by atoms with van der Waals surface area (Å²) >= 11 is 0. The first kappa shape index (κ1) is 18.3. The molecule has 0 saturated heterocycles. The van der Waals surface area contributed by atoms with Gasteiger partial charge in [-0.25, -0.2) is 8.37 Å². The van der Waals surface area contributed by atoms with Gasteiger partial charge < -0.3 is 10.2 Å². The number of aliphatic hydroxyl groups is 2. The van der Waals surface area contributed by atoms with Crippen molar-refractivity contribution < 1.29 is 49.3 Å². The summed E-state index contributed by atoms with van der Waals surface area (Å²) in [5.41, 5.74) is 0. The number of ketones is 1. The summed E-state index contributed by atoms with van der Waals surface area (Å²) < 4.78 is 66.6. The summed E-state index contributed by atoms with van der Waals surface area (Å²) in [7, 11) is -10.4. The van der Waals surface area contributed by atoms with E-state index in [0.717, 1.165) is 6.92 Å². The monoisotopic (exact) mass is 324 g/mol. The van der Waals surface area contributed by atoms with Crippen molar-refractivity contribution in [3.8, 4) is 0 Å². The topological polar surface area (TPSA) is 185 Å². The largest absolute Gasteiger partial charge is 0.398 e. The van der Waals surface area contributed by atoms with Crippen molar-refractivity contribution in [2.45, 2.75) is 25.2 Å². The lowest BCUT2D eigenvalue weighted by molar-refractivity contribution is -0.136. The van der Waals surface area contributed by atoms with E-state index in [2.05, 4.69) is 8.37 Å². The molecule has 0 aromatic carbocycles. The smallest absolute Gasteiger partial charge is 0.391 e. The van der Waals surface area contributed by atoms with E-state index in [9.17, 15) is 26.7 Å². The maximum absolute atomic E-state index is 11.2. The van der Waals surface area contributed by atoms with Gasteiger partial charge in [-0.15, -0.1) is 0 Å². The number of aliphatic hydroxyl groups excluding tert-OH is 2. The Kier molecular flexibility index (Phi) is 6.43. The van der Waals surface area contributed by atoms with Gasteiger partial charge in [0.05, 0.1) is 6.10 Å². The normalized spacial score (nSPS) is 17.7. The van der Waals surface area contributed by atoms with Crippen LogP contribution in [-0.2, 0) is 34.0 Å². The van der Waals surface area contributed by atoms with Gasteiger partial charge in [0.15, 0.2) is 11.9 Å². The van der Waals surface area contributed by atoms with E-state index in [4.69, 9.17) is 14.2 Å². The van der Waals surface area contributed by atoms with Gasteiger partial charge in [-0.3, -0.25) is 13.9 Å². The molecule has 0 aromatic heterocycles. The highest BCUT2D eigenvalue weighted by Crippen LogP contribution is 2.15. The molecule has 3 atom stereocenters. The number of hydrogen-bond donors (Lipinski definition) is 4. The number of Topliss-reactive ketones (excluding diaryl/α,β-unsaturated/α-hetero) is 1. The second-order valence-corrected chi connectivity index (χ2v) is 5.39. The first-order chi connectivity index (χ1) is 8.37. The van der Waals surface area contributed by atoms with Crippen molar-refractivity contribution in [2.75, 3.05) is 6.61 Å². The third-order valence-electron chi connectivity index (χ3n) is 1.71. The van der Waals surface area contributed by atoms with Gasteiger partial charge in [0.1, 0.15) is 12.7 Å². The molecule has 0 radical (unpaired) electrons. The molecule has 0 spiro atoms. The van der Waals surface area contributed by atoms with E-state index < -0.39 is 51.5 Å². The highest BCUT2D eigenvalue weighted by molar-refractivity contribution is 7.81. The van der Waals surface area contributed by atoms with Gasteiger partial charge in [-0.05, 0) is 6.92 Å². The SMILES string of the molecule is C[C@@H](O)[C@H](OS(=O)(=O)O)[C@H](OS(=O)(=O)O)C(=O)CO. The minimum atomic E-state index is -5.21. The molecule has 0 rings (SSSR count). The molecular formula is C6H12O11S2. The van der Waals surface area contributed by atoms with Crippen LogP contribution in [0.25, 0.3) is 0 Å². The van der Waals surface area contributed by atoms with Crippen LogP contribution in [0, 0.1) is 0 Å². The van der Waals surface area contributed by atoms with Gasteiger partial charge in [0, 0.05) is 0 Å². The Balaban J connectivity index is 5.44. The van der Waals surface area contributed by atoms with Gasteiger partial charge in [-0.1, -0.05) is 0 Å². The molecule has 0 unspecified atom stereocenters. The Morgan fingerprint density at radius 1 is 1.11 bits per heavy atom. The molecular weight excluding hydrogens is 312 g/mol. The Bertz CT molecular complexity index is 503. The fraction of sp³-hybridized carbons (Fsp3) is 0.833. The van der Waals surface area contributed by atoms with Gasteiger partial charge in [0.2, 0.25) is 0 Å². The highest BCUT2D eigenvalue weighted by Gasteiger charge is 2.39. The van der Waals surface area contributed by atoms with E-state index in [1.165, 1.54) is 0 Å². The molecule has 4 N–H and O–H groups in total. The summed E-state index contributed by atoms with van der Waals surface area (Å²) in [4.78, 5) is 11.2. The highest BCUT2D eigenvalue weighted by atomic mass is 32.3. The summed E-state index contributed by atoms with van der Waals surface area (Å²) in [6.07, 6.45) is -6.37. The Morgan fingerprint density at radius 2 is 1.53 bits per heavy atom. The van der Waals surface area contributed by atoms with Crippen LogP contribution in [0.3, 0.4) is 0 Å². The van der Waals surface area contributed by atoms with Gasteiger partial charge in [0.25, 0.3) is 0 Å². The first-order valence-electron chi connectivity index (χ1n) is 4.50. The zero-order valence-electron chi connectivity index (χ0n) is 9.40. The molecule has 0 fully saturated rings. The summed E-state index contributed by atoms with van der Waals surface area (Å²) in [5, 5.41) is 17.8. The molecule has 0 heterocycles. The Labute approximate surface area is 108 Å². The molecule has 11 nitrogen and oxygen atoms in total. The predicted molar refractivity (Wildman–Crippen MR) is 56.6 cm³/mol. The molecule has 0 aromatic rings. The van der Waals surface area contributed by atoms with E-state index >= 15 is 0 Å². The lowest BCUT2D eigenvalue weighted by atomic mass is 10.1. The molecule has 19 heavy (non-hydrogen) atoms. The average molecular weight is 324 g/mol. The van der Waals surface area contributed by atoms with E-state index in [1.807, 2.05) is 0 Å². The zero-order chi connectivity index (χ0) is 15.4. The predicted octanol–water partition coefficient (Wildman–Crippen LogP) is -2.70. The number of rotatable bonds is 8. The van der Waals surface area contributed by atoms with E-state index in [1.54, 1.807) is 0 Å². The van der Waals surface area contributed by atoms with Gasteiger partial charge in [-0.2, -0.15) is 16.8 Å². The number of hydrogen-bond acceptors (Lipinski definition) is 9. The minimum Gasteiger partial charge on any atom is -0.391 e. The Morgan fingerprint density at radius 3 is 1.79 bits per heavy atom. The molecule has 0 bridgehead atoms. The maximum Gasteiger partial charge on any atom is 0.398 e. The minimum absolute atomic E-state index is 0.890. The van der Waals surface area contributed by atoms with Crippen molar-refractivity contribution in [3.63, 3.8) is 0 Å². The standard InChI is InChI=1S/C6H12O11S2/c1-3(8)5(16-18(10,11)12)6(4(9)2-7)17-19(13,14)15/h3,5-8H,2H2,1H3,(H,10,11,12)(H,13,14,15)/t3-,5+,6-/m1/s1. The second kappa shape index (κ2) is 6.67. The van der Waals surface area contributed by atoms with Crippen LogP contribution in [0.15, 0.2) is 0 Å². The third-order valence-corrected chi connectivity index (χ3v) is 2.62. The molecule has 13 heteroatoms. The van der Waals surface area contributed by atoms with Crippen LogP contribution in [0.2, 0.25) is 0 Å². The van der Waals surface area contributed by atoms with Crippen molar-refractivity contribution in [1.29, 1.82) is 0 Å². The molecule has 114 valence electrons. The maximum atomic E-state index is 11.2. The van der Waals surface area contributed by atoms with Crippen molar-refractivity contribution in [2.24, 2.45) is 0 Å². The van der Waals surface area contributed by atoms with Crippen molar-refractivity contribution in [1.82, 2.24) is 0 Å². The van der Waals surface area contributed by atoms with E-state index in [-0.39, 0.29) is 0 Å². The van der Waals surface area contributed by atoms with Crippen molar-refractivity contribution >= 4 is 26.6 Å². The quantitative estimate of drug-likeness (QED) is 0.340. The molecule has 0 aliphatic heterocycles. The fourth-order valence-electron chi connectivity index (χ4n) is 1.04. The summed E-state index contributed by atoms with van der Waals surface area (Å²) in [6, 6.07) is 0. The molecule has 0 aliphatic rings. The summed E-state index contributed by atoms with van der Waals surface area (Å²) in [5.74, 6) is -1.41. The van der Waals surface area contributed by atoms with Crippen LogP contribution in [-0.4, -0.2) is 66.9 Å². The fourth-order valence-corrected chi connectivity index (χ4v) is 2.06. The molecule has 0 amide bonds. The van der Waals surface area contributed by atoms with Crippen LogP contribution < -0.4 is 0 Å². The third kappa shape index (κ3) is 7.48. The number of carbonyl (C=O) groups is 1. The van der Waals surface area contributed by atoms with Crippen molar-refractivity contribution in [3.05, 3.63) is 0 Å². The number of carbonyl (C=O) groups excluding carboxylic acids is 1. The van der Waals surface area contributed by atoms with E-state index in [0.29, 0.717) is 0 Å². The van der Waals surface area contributed by atoms with Crippen LogP contribution >= 0.6 is 0 Å². The summed E-state index contributed by atoms with van der Waals surface area (Å²) in [6.45, 7) is -0.404. The molecule has 0 saturated carbocycles. The zero-order valence-corrected chi connectivity index (χ0v) is 11.0. The van der Waals surface area contributed by atoms with Crippen LogP contribution in [0.4, 0.5) is 0 Å². The van der Waals surface area contributed by atoms with Crippen LogP contribution in [0.5, 0.6) is 0 Å². The average Bonchev–Trinajstić information content (AvgIpc) is 2.19. The second-order valence-electron chi connectivity index (χ2n) is 3.30. The van der Waals surface area contributed by atoms with Crippen LogP contribution in [0.1, 0.15) is 6.92 Å². The lowest BCUT2D eigenvalue weighted by Gasteiger charge is -2.24. The van der Waals surface area contributed by atoms with Gasteiger partial charge >= 0.3 is 20.8 Å².